The number of halogens is 1. The largest absolute Gasteiger partial charge is 0.485 e. The number of ether oxygens (including phenoxy) is 3. The molecule has 13 nitrogen and oxygen atoms in total. The lowest BCUT2D eigenvalue weighted by Gasteiger charge is -2.46. The van der Waals surface area contributed by atoms with E-state index in [1.165, 1.54) is 24.0 Å². The molecule has 1 unspecified atom stereocenters. The molecule has 59 heavy (non-hydrogen) atoms. The molecule has 1 amide bonds. The van der Waals surface area contributed by atoms with Crippen LogP contribution in [0.3, 0.4) is 0 Å². The summed E-state index contributed by atoms with van der Waals surface area (Å²) in [5.74, 6) is -3.03. The normalized spacial score (nSPS) is 20.5. The summed E-state index contributed by atoms with van der Waals surface area (Å²) in [5, 5.41) is 21.7. The Labute approximate surface area is 346 Å². The molecule has 2 saturated heterocycles. The van der Waals surface area contributed by atoms with Gasteiger partial charge in [0, 0.05) is 42.6 Å². The Kier molecular flexibility index (Phi) is 12.5. The van der Waals surface area contributed by atoms with Crippen LogP contribution in [0.25, 0.3) is 0 Å². The van der Waals surface area contributed by atoms with Gasteiger partial charge in [-0.05, 0) is 73.7 Å². The molecule has 4 aromatic carbocycles. The van der Waals surface area contributed by atoms with Crippen molar-refractivity contribution in [1.29, 1.82) is 0 Å². The van der Waals surface area contributed by atoms with E-state index in [0.717, 1.165) is 36.1 Å². The predicted octanol–water partition coefficient (Wildman–Crippen LogP) is 7.33. The molecule has 2 fully saturated rings. The number of esters is 2. The van der Waals surface area contributed by atoms with Crippen LogP contribution in [0.1, 0.15) is 71.4 Å². The molecule has 5 atom stereocenters. The SMILES string of the molecule is C[C@@H](O)[C@H]1C(=O)N2C(C(=O)OC(=O)c3ccc([N+](=O)[O-])cc3)=C(CN3CCCC3CCC(=O)c3ccc(OCc4ccccc4)c(OCc4ccccc4)c3Cl)[C@H](C)[C@H]12. The summed E-state index contributed by atoms with van der Waals surface area (Å²) < 4.78 is 17.6. The van der Waals surface area contributed by atoms with E-state index in [4.69, 9.17) is 25.8 Å². The number of Topliss-reactive ketones (excluding diaryl/α,β-unsaturated/α-hetero) is 1. The van der Waals surface area contributed by atoms with Crippen LogP contribution in [0.15, 0.2) is 108 Å². The van der Waals surface area contributed by atoms with E-state index in [1.807, 2.05) is 67.6 Å². The smallest absolute Gasteiger partial charge is 0.362 e. The Bertz CT molecular complexity index is 2260. The number of amides is 1. The highest BCUT2D eigenvalue weighted by molar-refractivity contribution is 6.35. The average Bonchev–Trinajstić information content (AvgIpc) is 3.78. The number of β-lactam (4-membered cyclic amide) rings is 1. The number of nitrogens with zero attached hydrogens (tertiary/aromatic N) is 3. The van der Waals surface area contributed by atoms with Gasteiger partial charge in [0.2, 0.25) is 5.91 Å². The number of aliphatic hydroxyl groups is 1. The van der Waals surface area contributed by atoms with Crippen molar-refractivity contribution < 1.29 is 43.4 Å². The number of hydrogen-bond donors (Lipinski definition) is 1. The third kappa shape index (κ3) is 8.78. The molecule has 3 heterocycles. The van der Waals surface area contributed by atoms with E-state index in [1.54, 1.807) is 12.1 Å². The summed E-state index contributed by atoms with van der Waals surface area (Å²) in [6.07, 6.45) is 1.34. The first-order chi connectivity index (χ1) is 28.4. The molecule has 3 aliphatic heterocycles. The molecule has 1 N–H and O–H groups in total. The second kappa shape index (κ2) is 17.9. The summed E-state index contributed by atoms with van der Waals surface area (Å²) >= 11 is 6.94. The standard InChI is InChI=1S/C45H44ClN3O10/c1-27-35(41(48-40(27)38(28(2)50)43(48)52)45(54)59-44(53)31-15-17-33(18-16-31)49(55)56)24-47-23-9-14-32(47)19-21-36(51)34-20-22-37(57-25-29-10-5-3-6-11-29)42(39(34)46)58-26-30-12-7-4-8-13-30/h3-8,10-13,15-18,20,22,27-28,32,38,40,50H,9,14,19,21,23-26H2,1-2H3/t27-,28+,32?,38+,40+/m0/s1. The lowest BCUT2D eigenvalue weighted by atomic mass is 9.77. The molecule has 306 valence electrons. The number of fused-ring (bicyclic) bond motifs is 1. The Morgan fingerprint density at radius 3 is 2.19 bits per heavy atom. The van der Waals surface area contributed by atoms with Crippen LogP contribution in [0.4, 0.5) is 5.69 Å². The zero-order chi connectivity index (χ0) is 41.8. The Balaban J connectivity index is 1.07. The summed E-state index contributed by atoms with van der Waals surface area (Å²) in [6.45, 7) is 4.85. The fraction of sp³-hybridized carbons (Fsp3) is 0.333. The fourth-order valence-electron chi connectivity index (χ4n) is 8.30. The first-order valence-corrected chi connectivity index (χ1v) is 20.0. The monoisotopic (exact) mass is 821 g/mol. The van der Waals surface area contributed by atoms with Crippen molar-refractivity contribution >= 4 is 40.9 Å². The molecule has 7 rings (SSSR count). The van der Waals surface area contributed by atoms with Gasteiger partial charge in [0.05, 0.1) is 33.6 Å². The first kappa shape index (κ1) is 41.3. The Morgan fingerprint density at radius 1 is 0.915 bits per heavy atom. The van der Waals surface area contributed by atoms with Crippen molar-refractivity contribution in [3.63, 3.8) is 0 Å². The molecule has 0 radical (unpaired) electrons. The number of rotatable bonds is 16. The van der Waals surface area contributed by atoms with Crippen molar-refractivity contribution in [2.24, 2.45) is 11.8 Å². The maximum atomic E-state index is 13.9. The van der Waals surface area contributed by atoms with Crippen molar-refractivity contribution in [2.75, 3.05) is 13.1 Å². The van der Waals surface area contributed by atoms with E-state index in [9.17, 15) is 34.4 Å². The number of carbonyl (C=O) groups excluding carboxylic acids is 4. The Hall–Kier alpha value is -5.89. The van der Waals surface area contributed by atoms with Gasteiger partial charge in [-0.1, -0.05) is 79.2 Å². The number of carbonyl (C=O) groups is 4. The van der Waals surface area contributed by atoms with Crippen LogP contribution in [-0.4, -0.2) is 74.7 Å². The molecule has 0 aliphatic carbocycles. The number of aliphatic hydroxyl groups excluding tert-OH is 1. The molecule has 4 aromatic rings. The number of non-ortho nitro benzene ring substituents is 1. The van der Waals surface area contributed by atoms with Crippen LogP contribution < -0.4 is 9.47 Å². The third-order valence-electron chi connectivity index (χ3n) is 11.4. The molecule has 0 aromatic heterocycles. The second-order valence-electron chi connectivity index (χ2n) is 15.1. The van der Waals surface area contributed by atoms with Gasteiger partial charge in [-0.15, -0.1) is 0 Å². The summed E-state index contributed by atoms with van der Waals surface area (Å²) in [7, 11) is 0. The van der Waals surface area contributed by atoms with Crippen LogP contribution in [0.2, 0.25) is 5.02 Å². The number of ketones is 1. The maximum Gasteiger partial charge on any atom is 0.362 e. The topological polar surface area (TPSA) is 166 Å². The predicted molar refractivity (Wildman–Crippen MR) is 217 cm³/mol. The highest BCUT2D eigenvalue weighted by Crippen LogP contribution is 2.48. The number of hydrogen-bond acceptors (Lipinski definition) is 11. The van der Waals surface area contributed by atoms with Gasteiger partial charge in [0.1, 0.15) is 18.9 Å². The lowest BCUT2D eigenvalue weighted by Crippen LogP contribution is -2.63. The van der Waals surface area contributed by atoms with E-state index in [2.05, 4.69) is 4.90 Å². The quantitative estimate of drug-likeness (QED) is 0.0300. The van der Waals surface area contributed by atoms with Crippen LogP contribution in [0.5, 0.6) is 11.5 Å². The van der Waals surface area contributed by atoms with Crippen LogP contribution in [0, 0.1) is 22.0 Å². The van der Waals surface area contributed by atoms with Gasteiger partial charge in [-0.25, -0.2) is 9.59 Å². The van der Waals surface area contributed by atoms with Gasteiger partial charge in [0.25, 0.3) is 5.69 Å². The minimum atomic E-state index is -1.02. The molecule has 0 spiro atoms. The van der Waals surface area contributed by atoms with Crippen LogP contribution in [-0.2, 0) is 27.5 Å². The van der Waals surface area contributed by atoms with Crippen molar-refractivity contribution in [1.82, 2.24) is 9.80 Å². The highest BCUT2D eigenvalue weighted by Gasteiger charge is 2.60. The van der Waals surface area contributed by atoms with Gasteiger partial charge in [0.15, 0.2) is 17.3 Å². The van der Waals surface area contributed by atoms with E-state index < -0.39 is 40.8 Å². The molecule has 0 bridgehead atoms. The van der Waals surface area contributed by atoms with E-state index in [0.29, 0.717) is 29.9 Å². The van der Waals surface area contributed by atoms with Gasteiger partial charge >= 0.3 is 11.9 Å². The van der Waals surface area contributed by atoms with Crippen molar-refractivity contribution in [2.45, 2.75) is 70.9 Å². The van der Waals surface area contributed by atoms with Crippen molar-refractivity contribution in [3.05, 3.63) is 146 Å². The molecular formula is C45H44ClN3O10. The van der Waals surface area contributed by atoms with E-state index in [-0.39, 0.29) is 71.6 Å². The maximum absolute atomic E-state index is 13.9. The van der Waals surface area contributed by atoms with Crippen molar-refractivity contribution in [3.8, 4) is 11.5 Å². The number of benzene rings is 4. The summed E-state index contributed by atoms with van der Waals surface area (Å²) in [6, 6.07) is 26.7. The third-order valence-corrected chi connectivity index (χ3v) is 11.8. The van der Waals surface area contributed by atoms with Gasteiger partial charge in [-0.3, -0.25) is 24.6 Å². The van der Waals surface area contributed by atoms with Gasteiger partial charge in [-0.2, -0.15) is 0 Å². The first-order valence-electron chi connectivity index (χ1n) is 19.6. The molecular weight excluding hydrogens is 778 g/mol. The molecule has 0 saturated carbocycles. The molecule has 3 aliphatic rings. The lowest BCUT2D eigenvalue weighted by molar-refractivity contribution is -0.384. The number of nitro benzene ring substituents is 1. The zero-order valence-corrected chi connectivity index (χ0v) is 33.4. The highest BCUT2D eigenvalue weighted by atomic mass is 35.5. The minimum Gasteiger partial charge on any atom is -0.485 e. The zero-order valence-electron chi connectivity index (χ0n) is 32.6. The minimum absolute atomic E-state index is 0.0363. The Morgan fingerprint density at radius 2 is 1.56 bits per heavy atom. The summed E-state index contributed by atoms with van der Waals surface area (Å²) in [4.78, 5) is 68.0. The fourth-order valence-corrected chi connectivity index (χ4v) is 8.62. The van der Waals surface area contributed by atoms with Crippen LogP contribution >= 0.6 is 11.6 Å². The molecule has 14 heteroatoms. The average molecular weight is 822 g/mol. The second-order valence-corrected chi connectivity index (χ2v) is 15.5. The number of nitro groups is 1. The van der Waals surface area contributed by atoms with Gasteiger partial charge < -0.3 is 24.2 Å². The number of likely N-dealkylation sites (tertiary alicyclic amines) is 1. The summed E-state index contributed by atoms with van der Waals surface area (Å²) in [5.41, 5.74) is 2.45. The van der Waals surface area contributed by atoms with E-state index >= 15 is 0 Å².